The average Bonchev–Trinajstić information content (AvgIpc) is 2.92. The lowest BCUT2D eigenvalue weighted by Gasteiger charge is -2.28. The van der Waals surface area contributed by atoms with Crippen LogP contribution in [0.25, 0.3) is 0 Å². The highest BCUT2D eigenvalue weighted by molar-refractivity contribution is 5.81. The fourth-order valence-corrected chi connectivity index (χ4v) is 2.26. The van der Waals surface area contributed by atoms with Gasteiger partial charge in [0.15, 0.2) is 0 Å². The standard InChI is InChI=1S/C11H20N2O2/c1-8(11(15)12-9-4-5-9)13-6-2-3-10(13)7-14/h8-10,14H,2-7H2,1H3,(H,12,15)/t8?,10-/m0/s1. The van der Waals surface area contributed by atoms with Crippen LogP contribution in [0.4, 0.5) is 0 Å². The maximum Gasteiger partial charge on any atom is 0.237 e. The highest BCUT2D eigenvalue weighted by Crippen LogP contribution is 2.22. The van der Waals surface area contributed by atoms with Crippen LogP contribution in [0.2, 0.25) is 0 Å². The van der Waals surface area contributed by atoms with E-state index >= 15 is 0 Å². The predicted molar refractivity (Wildman–Crippen MR) is 57.4 cm³/mol. The summed E-state index contributed by atoms with van der Waals surface area (Å²) in [4.78, 5) is 13.9. The van der Waals surface area contributed by atoms with Gasteiger partial charge >= 0.3 is 0 Å². The molecule has 86 valence electrons. The summed E-state index contributed by atoms with van der Waals surface area (Å²) in [5, 5.41) is 12.2. The van der Waals surface area contributed by atoms with Crippen molar-refractivity contribution in [3.8, 4) is 0 Å². The third-order valence-electron chi connectivity index (χ3n) is 3.43. The number of amides is 1. The molecule has 1 amide bonds. The maximum atomic E-state index is 11.8. The van der Waals surface area contributed by atoms with Crippen LogP contribution in [-0.4, -0.2) is 47.2 Å². The molecule has 0 aromatic carbocycles. The number of hydrogen-bond donors (Lipinski definition) is 2. The topological polar surface area (TPSA) is 52.6 Å². The van der Waals surface area contributed by atoms with E-state index in [-0.39, 0.29) is 24.6 Å². The van der Waals surface area contributed by atoms with E-state index in [1.807, 2.05) is 6.92 Å². The molecule has 0 radical (unpaired) electrons. The molecular formula is C11H20N2O2. The number of likely N-dealkylation sites (tertiary alicyclic amines) is 1. The van der Waals surface area contributed by atoms with Gasteiger partial charge in [-0.05, 0) is 39.2 Å². The number of aliphatic hydroxyl groups excluding tert-OH is 1. The molecule has 1 unspecified atom stereocenters. The highest BCUT2D eigenvalue weighted by Gasteiger charge is 2.33. The zero-order chi connectivity index (χ0) is 10.8. The summed E-state index contributed by atoms with van der Waals surface area (Å²) in [6.45, 7) is 3.04. The molecule has 1 aliphatic heterocycles. The normalized spacial score (nSPS) is 29.1. The van der Waals surface area contributed by atoms with Crippen LogP contribution in [-0.2, 0) is 4.79 Å². The van der Waals surface area contributed by atoms with Crippen LogP contribution in [0.5, 0.6) is 0 Å². The Bertz CT molecular complexity index is 241. The Hall–Kier alpha value is -0.610. The number of nitrogens with one attached hydrogen (secondary N) is 1. The van der Waals surface area contributed by atoms with Gasteiger partial charge in [-0.1, -0.05) is 0 Å². The van der Waals surface area contributed by atoms with Gasteiger partial charge in [-0.2, -0.15) is 0 Å². The van der Waals surface area contributed by atoms with Gasteiger partial charge in [-0.15, -0.1) is 0 Å². The van der Waals surface area contributed by atoms with Crippen molar-refractivity contribution in [2.45, 2.75) is 50.7 Å². The number of rotatable bonds is 4. The monoisotopic (exact) mass is 212 g/mol. The second-order valence-corrected chi connectivity index (χ2v) is 4.68. The van der Waals surface area contributed by atoms with Gasteiger partial charge in [-0.25, -0.2) is 0 Å². The molecule has 4 heteroatoms. The molecule has 2 atom stereocenters. The molecule has 2 rings (SSSR count). The number of hydrogen-bond acceptors (Lipinski definition) is 3. The van der Waals surface area contributed by atoms with E-state index in [1.54, 1.807) is 0 Å². The zero-order valence-corrected chi connectivity index (χ0v) is 9.28. The van der Waals surface area contributed by atoms with Crippen molar-refractivity contribution in [3.63, 3.8) is 0 Å². The Morgan fingerprint density at radius 1 is 1.53 bits per heavy atom. The van der Waals surface area contributed by atoms with E-state index in [0.29, 0.717) is 6.04 Å². The Balaban J connectivity index is 1.87. The molecule has 15 heavy (non-hydrogen) atoms. The van der Waals surface area contributed by atoms with E-state index in [0.717, 1.165) is 32.2 Å². The molecule has 0 spiro atoms. The Morgan fingerprint density at radius 2 is 2.27 bits per heavy atom. The minimum Gasteiger partial charge on any atom is -0.395 e. The van der Waals surface area contributed by atoms with Crippen molar-refractivity contribution < 1.29 is 9.90 Å². The molecule has 2 aliphatic rings. The summed E-state index contributed by atoms with van der Waals surface area (Å²) >= 11 is 0. The van der Waals surface area contributed by atoms with Gasteiger partial charge in [0.1, 0.15) is 0 Å². The van der Waals surface area contributed by atoms with Crippen LogP contribution < -0.4 is 5.32 Å². The van der Waals surface area contributed by atoms with Gasteiger partial charge in [-0.3, -0.25) is 9.69 Å². The molecule has 0 bridgehead atoms. The number of carbonyl (C=O) groups is 1. The van der Waals surface area contributed by atoms with E-state index in [1.165, 1.54) is 0 Å². The molecule has 0 aromatic heterocycles. The van der Waals surface area contributed by atoms with Gasteiger partial charge in [0.05, 0.1) is 12.6 Å². The van der Waals surface area contributed by atoms with E-state index < -0.39 is 0 Å². The Morgan fingerprint density at radius 3 is 2.87 bits per heavy atom. The van der Waals surface area contributed by atoms with E-state index in [2.05, 4.69) is 10.2 Å². The van der Waals surface area contributed by atoms with Crippen molar-refractivity contribution in [1.29, 1.82) is 0 Å². The summed E-state index contributed by atoms with van der Waals surface area (Å²) in [7, 11) is 0. The molecule has 1 saturated heterocycles. The lowest BCUT2D eigenvalue weighted by atomic mass is 10.2. The molecule has 1 heterocycles. The summed E-state index contributed by atoms with van der Waals surface area (Å²) in [6, 6.07) is 0.519. The average molecular weight is 212 g/mol. The van der Waals surface area contributed by atoms with Crippen molar-refractivity contribution >= 4 is 5.91 Å². The summed E-state index contributed by atoms with van der Waals surface area (Å²) < 4.78 is 0. The quantitative estimate of drug-likeness (QED) is 0.695. The molecular weight excluding hydrogens is 192 g/mol. The molecule has 4 nitrogen and oxygen atoms in total. The first-order chi connectivity index (χ1) is 7.22. The van der Waals surface area contributed by atoms with Gasteiger partial charge in [0, 0.05) is 12.1 Å². The first-order valence-corrected chi connectivity index (χ1v) is 5.89. The van der Waals surface area contributed by atoms with Crippen molar-refractivity contribution in [2.75, 3.05) is 13.2 Å². The third kappa shape index (κ3) is 2.49. The first-order valence-electron chi connectivity index (χ1n) is 5.89. The van der Waals surface area contributed by atoms with E-state index in [9.17, 15) is 9.90 Å². The summed E-state index contributed by atoms with van der Waals surface area (Å²) in [5.41, 5.74) is 0. The smallest absolute Gasteiger partial charge is 0.237 e. The highest BCUT2D eigenvalue weighted by atomic mass is 16.3. The molecule has 2 N–H and O–H groups in total. The number of carbonyl (C=O) groups excluding carboxylic acids is 1. The number of nitrogens with zero attached hydrogens (tertiary/aromatic N) is 1. The lowest BCUT2D eigenvalue weighted by Crippen LogP contribution is -2.48. The largest absolute Gasteiger partial charge is 0.395 e. The number of aliphatic hydroxyl groups is 1. The zero-order valence-electron chi connectivity index (χ0n) is 9.28. The van der Waals surface area contributed by atoms with Crippen molar-refractivity contribution in [3.05, 3.63) is 0 Å². The van der Waals surface area contributed by atoms with Crippen LogP contribution in [0.3, 0.4) is 0 Å². The van der Waals surface area contributed by atoms with E-state index in [4.69, 9.17) is 0 Å². The van der Waals surface area contributed by atoms with Crippen LogP contribution in [0, 0.1) is 0 Å². The Labute approximate surface area is 90.6 Å². The minimum atomic E-state index is -0.0924. The molecule has 1 aliphatic carbocycles. The SMILES string of the molecule is CC(C(=O)NC1CC1)N1CCC[C@H]1CO. The second kappa shape index (κ2) is 4.49. The van der Waals surface area contributed by atoms with Gasteiger partial charge in [0.2, 0.25) is 5.91 Å². The van der Waals surface area contributed by atoms with Crippen LogP contribution >= 0.6 is 0 Å². The van der Waals surface area contributed by atoms with Crippen molar-refractivity contribution in [2.24, 2.45) is 0 Å². The fraction of sp³-hybridized carbons (Fsp3) is 0.909. The predicted octanol–water partition coefficient (Wildman–Crippen LogP) is 0.110. The first kappa shape index (κ1) is 10.9. The fourth-order valence-electron chi connectivity index (χ4n) is 2.26. The summed E-state index contributed by atoms with van der Waals surface area (Å²) in [6.07, 6.45) is 4.35. The van der Waals surface area contributed by atoms with Crippen LogP contribution in [0.15, 0.2) is 0 Å². The van der Waals surface area contributed by atoms with Crippen molar-refractivity contribution in [1.82, 2.24) is 10.2 Å². The third-order valence-corrected chi connectivity index (χ3v) is 3.43. The molecule has 2 fully saturated rings. The second-order valence-electron chi connectivity index (χ2n) is 4.68. The van der Waals surface area contributed by atoms with Gasteiger partial charge in [0.25, 0.3) is 0 Å². The van der Waals surface area contributed by atoms with Gasteiger partial charge < -0.3 is 10.4 Å². The van der Waals surface area contributed by atoms with Crippen LogP contribution in [0.1, 0.15) is 32.6 Å². The molecule has 1 saturated carbocycles. The Kier molecular flexibility index (Phi) is 3.26. The molecule has 0 aromatic rings. The lowest BCUT2D eigenvalue weighted by molar-refractivity contribution is -0.126. The minimum absolute atomic E-state index is 0.0924. The maximum absolute atomic E-state index is 11.8. The summed E-state index contributed by atoms with van der Waals surface area (Å²) in [5.74, 6) is 0.123.